The largest absolute Gasteiger partial charge is 0.358 e. The summed E-state index contributed by atoms with van der Waals surface area (Å²) in [6.45, 7) is 10.7. The second kappa shape index (κ2) is 6.13. The van der Waals surface area contributed by atoms with Crippen molar-refractivity contribution < 1.29 is 4.79 Å². The van der Waals surface area contributed by atoms with Crippen molar-refractivity contribution in [1.29, 1.82) is 0 Å². The quantitative estimate of drug-likeness (QED) is 0.946. The van der Waals surface area contributed by atoms with Crippen LogP contribution in [0, 0.1) is 12.8 Å². The van der Waals surface area contributed by atoms with Crippen LogP contribution in [0.1, 0.15) is 25.1 Å². The van der Waals surface area contributed by atoms with Crippen LogP contribution < -0.4 is 0 Å². The fraction of sp³-hybridized carbons (Fsp3) is 0.500. The van der Waals surface area contributed by atoms with E-state index in [-0.39, 0.29) is 11.8 Å². The van der Waals surface area contributed by atoms with E-state index in [9.17, 15) is 4.79 Å². The summed E-state index contributed by atoms with van der Waals surface area (Å²) >= 11 is 0. The molecule has 118 valence electrons. The van der Waals surface area contributed by atoms with Crippen LogP contribution in [-0.4, -0.2) is 46.9 Å². The van der Waals surface area contributed by atoms with Gasteiger partial charge >= 0.3 is 0 Å². The first-order chi connectivity index (χ1) is 10.6. The number of aryl methyl sites for hydroxylation is 1. The molecule has 3 rings (SSSR count). The lowest BCUT2D eigenvalue weighted by Gasteiger charge is -2.35. The molecule has 22 heavy (non-hydrogen) atoms. The van der Waals surface area contributed by atoms with Gasteiger partial charge in [-0.05, 0) is 18.6 Å². The molecule has 0 spiro atoms. The Morgan fingerprint density at radius 1 is 1.18 bits per heavy atom. The maximum atomic E-state index is 12.1. The first kappa shape index (κ1) is 15.1. The van der Waals surface area contributed by atoms with Crippen molar-refractivity contribution >= 4 is 16.8 Å². The summed E-state index contributed by atoms with van der Waals surface area (Å²) in [4.78, 5) is 20.0. The summed E-state index contributed by atoms with van der Waals surface area (Å²) in [7, 11) is 0. The highest BCUT2D eigenvalue weighted by Crippen LogP contribution is 2.23. The Labute approximate surface area is 132 Å². The average molecular weight is 299 g/mol. The molecule has 1 aromatic heterocycles. The summed E-state index contributed by atoms with van der Waals surface area (Å²) in [5.41, 5.74) is 3.85. The number of H-pyrrole nitrogens is 1. The number of hydrogen-bond donors (Lipinski definition) is 1. The Balaban J connectivity index is 1.67. The maximum Gasteiger partial charge on any atom is 0.225 e. The molecule has 2 aromatic rings. The van der Waals surface area contributed by atoms with Gasteiger partial charge in [-0.3, -0.25) is 9.69 Å². The maximum absolute atomic E-state index is 12.1. The van der Waals surface area contributed by atoms with Crippen LogP contribution in [0.4, 0.5) is 0 Å². The van der Waals surface area contributed by atoms with Crippen LogP contribution in [0.2, 0.25) is 0 Å². The van der Waals surface area contributed by atoms with Gasteiger partial charge in [0.1, 0.15) is 0 Å². The predicted molar refractivity (Wildman–Crippen MR) is 89.7 cm³/mol. The smallest absolute Gasteiger partial charge is 0.225 e. The molecule has 1 N–H and O–H groups in total. The molecule has 0 saturated carbocycles. The number of rotatable bonds is 3. The third-order valence-electron chi connectivity index (χ3n) is 4.59. The van der Waals surface area contributed by atoms with Gasteiger partial charge in [0.05, 0.1) is 0 Å². The van der Waals surface area contributed by atoms with Crippen molar-refractivity contribution in [2.75, 3.05) is 26.2 Å². The lowest BCUT2D eigenvalue weighted by Crippen LogP contribution is -2.49. The predicted octanol–water partition coefficient (Wildman–Crippen LogP) is 2.78. The van der Waals surface area contributed by atoms with Gasteiger partial charge in [0.25, 0.3) is 0 Å². The first-order valence-corrected chi connectivity index (χ1v) is 8.13. The van der Waals surface area contributed by atoms with Crippen LogP contribution in [0.3, 0.4) is 0 Å². The summed E-state index contributed by atoms with van der Waals surface area (Å²) in [6.07, 6.45) is 0. The van der Waals surface area contributed by atoms with E-state index in [2.05, 4.69) is 41.1 Å². The van der Waals surface area contributed by atoms with E-state index in [1.807, 2.05) is 18.7 Å². The summed E-state index contributed by atoms with van der Waals surface area (Å²) in [5, 5.41) is 1.32. The highest BCUT2D eigenvalue weighted by molar-refractivity contribution is 5.84. The van der Waals surface area contributed by atoms with Gasteiger partial charge in [0, 0.05) is 55.2 Å². The molecule has 0 aliphatic carbocycles. The van der Waals surface area contributed by atoms with Crippen molar-refractivity contribution in [1.82, 2.24) is 14.8 Å². The lowest BCUT2D eigenvalue weighted by molar-refractivity contribution is -0.136. The van der Waals surface area contributed by atoms with E-state index in [1.54, 1.807) is 0 Å². The molecule has 1 aliphatic rings. The van der Waals surface area contributed by atoms with Gasteiger partial charge in [-0.2, -0.15) is 0 Å². The molecule has 2 heterocycles. The Kier molecular flexibility index (Phi) is 4.21. The van der Waals surface area contributed by atoms with Crippen molar-refractivity contribution in [3.8, 4) is 0 Å². The monoisotopic (exact) mass is 299 g/mol. The first-order valence-electron chi connectivity index (χ1n) is 8.13. The zero-order valence-electron chi connectivity index (χ0n) is 13.7. The Hall–Kier alpha value is -1.81. The number of nitrogens with one attached hydrogen (secondary N) is 1. The fourth-order valence-electron chi connectivity index (χ4n) is 3.25. The number of carbonyl (C=O) groups excluding carboxylic acids is 1. The minimum atomic E-state index is 0.0995. The van der Waals surface area contributed by atoms with Gasteiger partial charge in [-0.15, -0.1) is 0 Å². The van der Waals surface area contributed by atoms with Crippen molar-refractivity contribution in [2.24, 2.45) is 5.92 Å². The second-order valence-corrected chi connectivity index (χ2v) is 6.53. The number of benzene rings is 1. The van der Waals surface area contributed by atoms with Crippen LogP contribution in [0.25, 0.3) is 10.9 Å². The van der Waals surface area contributed by atoms with Crippen molar-refractivity contribution in [3.63, 3.8) is 0 Å². The topological polar surface area (TPSA) is 39.3 Å². The number of nitrogens with zero attached hydrogens (tertiary/aromatic N) is 2. The van der Waals surface area contributed by atoms with E-state index in [0.717, 1.165) is 32.7 Å². The molecule has 1 aromatic carbocycles. The van der Waals surface area contributed by atoms with E-state index < -0.39 is 0 Å². The van der Waals surface area contributed by atoms with Crippen molar-refractivity contribution in [2.45, 2.75) is 27.3 Å². The van der Waals surface area contributed by atoms with Gasteiger partial charge in [0.2, 0.25) is 5.91 Å². The number of carbonyl (C=O) groups is 1. The molecular weight excluding hydrogens is 274 g/mol. The van der Waals surface area contributed by atoms with E-state index >= 15 is 0 Å². The molecule has 0 atom stereocenters. The third-order valence-corrected chi connectivity index (χ3v) is 4.59. The van der Waals surface area contributed by atoms with E-state index in [0.29, 0.717) is 0 Å². The normalized spacial score (nSPS) is 16.6. The van der Waals surface area contributed by atoms with Crippen LogP contribution in [-0.2, 0) is 11.3 Å². The molecule has 1 amide bonds. The fourth-order valence-corrected chi connectivity index (χ4v) is 3.25. The number of para-hydroxylation sites is 1. The van der Waals surface area contributed by atoms with E-state index in [4.69, 9.17) is 0 Å². The molecule has 0 radical (unpaired) electrons. The zero-order chi connectivity index (χ0) is 15.7. The van der Waals surface area contributed by atoms with E-state index in [1.165, 1.54) is 22.2 Å². The Morgan fingerprint density at radius 2 is 1.86 bits per heavy atom. The molecule has 1 aliphatic heterocycles. The average Bonchev–Trinajstić information content (AvgIpc) is 2.83. The molecule has 0 unspecified atom stereocenters. The lowest BCUT2D eigenvalue weighted by atomic mass is 10.1. The minimum absolute atomic E-state index is 0.0995. The molecular formula is C18H25N3O. The number of amides is 1. The van der Waals surface area contributed by atoms with Crippen LogP contribution in [0.5, 0.6) is 0 Å². The summed E-state index contributed by atoms with van der Waals surface area (Å²) in [5.74, 6) is 0.380. The third kappa shape index (κ3) is 2.88. The van der Waals surface area contributed by atoms with Gasteiger partial charge in [0.15, 0.2) is 0 Å². The SMILES string of the molecule is Cc1[nH]c2ccccc2c1CN1CCN(C(=O)C(C)C)CC1. The minimum Gasteiger partial charge on any atom is -0.358 e. The number of fused-ring (bicyclic) bond motifs is 1. The number of piperazine rings is 1. The Bertz CT molecular complexity index is 666. The number of aromatic amines is 1. The molecule has 4 heteroatoms. The standard InChI is InChI=1S/C18H25N3O/c1-13(2)18(22)21-10-8-20(9-11-21)12-16-14(3)19-17-7-5-4-6-15(16)17/h4-7,13,19H,8-12H2,1-3H3. The van der Waals surface area contributed by atoms with Crippen LogP contribution >= 0.6 is 0 Å². The molecule has 4 nitrogen and oxygen atoms in total. The molecule has 1 fully saturated rings. The van der Waals surface area contributed by atoms with Gasteiger partial charge in [-0.25, -0.2) is 0 Å². The number of aromatic nitrogens is 1. The van der Waals surface area contributed by atoms with Crippen LogP contribution in [0.15, 0.2) is 24.3 Å². The Morgan fingerprint density at radius 3 is 2.55 bits per heavy atom. The van der Waals surface area contributed by atoms with Crippen molar-refractivity contribution in [3.05, 3.63) is 35.5 Å². The molecule has 1 saturated heterocycles. The zero-order valence-corrected chi connectivity index (χ0v) is 13.7. The highest BCUT2D eigenvalue weighted by atomic mass is 16.2. The summed E-state index contributed by atoms with van der Waals surface area (Å²) in [6, 6.07) is 8.48. The second-order valence-electron chi connectivity index (χ2n) is 6.53. The van der Waals surface area contributed by atoms with Gasteiger partial charge < -0.3 is 9.88 Å². The molecule has 0 bridgehead atoms. The van der Waals surface area contributed by atoms with Gasteiger partial charge in [-0.1, -0.05) is 32.0 Å². The highest BCUT2D eigenvalue weighted by Gasteiger charge is 2.23. The summed E-state index contributed by atoms with van der Waals surface area (Å²) < 4.78 is 0. The number of hydrogen-bond acceptors (Lipinski definition) is 2.